The average molecular weight is 468 g/mol. The van der Waals surface area contributed by atoms with E-state index in [1.807, 2.05) is 6.92 Å². The van der Waals surface area contributed by atoms with Gasteiger partial charge in [0.25, 0.3) is 11.1 Å². The lowest BCUT2D eigenvalue weighted by atomic mass is 10.3. The van der Waals surface area contributed by atoms with Gasteiger partial charge < -0.3 is 19.2 Å². The summed E-state index contributed by atoms with van der Waals surface area (Å²) in [6.45, 7) is 4.26. The van der Waals surface area contributed by atoms with Gasteiger partial charge in [-0.3, -0.25) is 4.79 Å². The van der Waals surface area contributed by atoms with E-state index in [1.165, 1.54) is 0 Å². The third kappa shape index (κ3) is 6.29. The summed E-state index contributed by atoms with van der Waals surface area (Å²) in [5, 5.41) is 11.9. The van der Waals surface area contributed by atoms with Crippen molar-refractivity contribution in [2.75, 3.05) is 17.7 Å². The van der Waals surface area contributed by atoms with Crippen molar-refractivity contribution in [3.8, 4) is 11.5 Å². The fraction of sp³-hybridized carbons (Fsp3) is 0.250. The number of amides is 1. The lowest BCUT2D eigenvalue weighted by molar-refractivity contribution is -0.113. The summed E-state index contributed by atoms with van der Waals surface area (Å²) in [7, 11) is 0. The highest BCUT2D eigenvalue weighted by molar-refractivity contribution is 7.99. The standard InChI is InChI=1S/C20H19Cl2N3O4S/c1-3-27-15-7-5-14(6-8-15)23-18(26)11-30-20-25-24-19(29-20)12(2)28-17-9-4-13(21)10-16(17)22/h4-10,12H,3,11H2,1-2H3,(H,23,26)/t12-/m1/s1. The molecule has 0 aliphatic rings. The molecule has 0 aliphatic carbocycles. The van der Waals surface area contributed by atoms with Gasteiger partial charge in [-0.15, -0.1) is 10.2 Å². The first-order valence-corrected chi connectivity index (χ1v) is 10.8. The van der Waals surface area contributed by atoms with E-state index in [0.717, 1.165) is 17.5 Å². The second-order valence-electron chi connectivity index (χ2n) is 6.04. The first kappa shape index (κ1) is 22.3. The van der Waals surface area contributed by atoms with Crippen LogP contribution >= 0.6 is 35.0 Å². The summed E-state index contributed by atoms with van der Waals surface area (Å²) in [4.78, 5) is 12.1. The highest BCUT2D eigenvalue weighted by Crippen LogP contribution is 2.31. The fourth-order valence-electron chi connectivity index (χ4n) is 2.38. The van der Waals surface area contributed by atoms with E-state index >= 15 is 0 Å². The van der Waals surface area contributed by atoms with Crippen LogP contribution in [0.3, 0.4) is 0 Å². The molecule has 10 heteroatoms. The Balaban J connectivity index is 1.50. The molecule has 0 spiro atoms. The monoisotopic (exact) mass is 467 g/mol. The van der Waals surface area contributed by atoms with Crippen LogP contribution in [0.1, 0.15) is 25.8 Å². The minimum absolute atomic E-state index is 0.118. The van der Waals surface area contributed by atoms with Crippen LogP contribution in [0.15, 0.2) is 52.1 Å². The summed E-state index contributed by atoms with van der Waals surface area (Å²) in [5.41, 5.74) is 0.678. The quantitative estimate of drug-likeness (QED) is 0.407. The van der Waals surface area contributed by atoms with Gasteiger partial charge in [-0.2, -0.15) is 0 Å². The van der Waals surface area contributed by atoms with Crippen LogP contribution in [0.2, 0.25) is 10.0 Å². The number of anilines is 1. The van der Waals surface area contributed by atoms with Crippen molar-refractivity contribution >= 4 is 46.6 Å². The molecule has 1 aromatic heterocycles. The van der Waals surface area contributed by atoms with Crippen molar-refractivity contribution in [2.24, 2.45) is 0 Å². The minimum Gasteiger partial charge on any atom is -0.494 e. The maximum Gasteiger partial charge on any atom is 0.277 e. The van der Waals surface area contributed by atoms with Crippen molar-refractivity contribution in [1.82, 2.24) is 10.2 Å². The molecule has 0 unspecified atom stereocenters. The van der Waals surface area contributed by atoms with E-state index in [0.29, 0.717) is 28.1 Å². The van der Waals surface area contributed by atoms with Gasteiger partial charge in [0.2, 0.25) is 5.91 Å². The molecule has 1 N–H and O–H groups in total. The first-order chi connectivity index (χ1) is 14.4. The maximum absolute atomic E-state index is 12.1. The Hall–Kier alpha value is -2.42. The number of carbonyl (C=O) groups excluding carboxylic acids is 1. The molecular weight excluding hydrogens is 449 g/mol. The Morgan fingerprint density at radius 2 is 1.97 bits per heavy atom. The van der Waals surface area contributed by atoms with Crippen molar-refractivity contribution < 1.29 is 18.7 Å². The van der Waals surface area contributed by atoms with Crippen molar-refractivity contribution in [3.63, 3.8) is 0 Å². The predicted octanol–water partition coefficient (Wildman–Crippen LogP) is 5.65. The minimum atomic E-state index is -0.525. The molecular formula is C20H19Cl2N3O4S. The number of benzene rings is 2. The number of nitrogens with zero attached hydrogens (tertiary/aromatic N) is 2. The van der Waals surface area contributed by atoms with E-state index in [1.54, 1.807) is 49.4 Å². The predicted molar refractivity (Wildman–Crippen MR) is 117 cm³/mol. The number of carbonyl (C=O) groups is 1. The number of hydrogen-bond donors (Lipinski definition) is 1. The van der Waals surface area contributed by atoms with Crippen LogP contribution in [0, 0.1) is 0 Å². The molecule has 3 aromatic rings. The second kappa shape index (κ2) is 10.6. The highest BCUT2D eigenvalue weighted by Gasteiger charge is 2.18. The highest BCUT2D eigenvalue weighted by atomic mass is 35.5. The molecule has 0 fully saturated rings. The molecule has 0 radical (unpaired) electrons. The van der Waals surface area contributed by atoms with Gasteiger partial charge in [0.15, 0.2) is 6.10 Å². The number of ether oxygens (including phenoxy) is 2. The molecule has 0 saturated carbocycles. The first-order valence-electron chi connectivity index (χ1n) is 9.05. The molecule has 0 bridgehead atoms. The molecule has 158 valence electrons. The molecule has 0 aliphatic heterocycles. The Kier molecular flexibility index (Phi) is 7.84. The molecule has 1 atom stereocenters. The third-order valence-electron chi connectivity index (χ3n) is 3.74. The van der Waals surface area contributed by atoms with E-state index in [-0.39, 0.29) is 22.8 Å². The van der Waals surface area contributed by atoms with Gasteiger partial charge in [-0.25, -0.2) is 0 Å². The molecule has 0 saturated heterocycles. The van der Waals surface area contributed by atoms with Crippen LogP contribution < -0.4 is 14.8 Å². The largest absolute Gasteiger partial charge is 0.494 e. The zero-order chi connectivity index (χ0) is 21.5. The summed E-state index contributed by atoms with van der Waals surface area (Å²) >= 11 is 13.1. The number of aromatic nitrogens is 2. The Morgan fingerprint density at radius 3 is 2.67 bits per heavy atom. The SMILES string of the molecule is CCOc1ccc(NC(=O)CSc2nnc([C@@H](C)Oc3ccc(Cl)cc3Cl)o2)cc1. The average Bonchev–Trinajstić information content (AvgIpc) is 3.19. The van der Waals surface area contributed by atoms with Gasteiger partial charge in [0.05, 0.1) is 17.4 Å². The molecule has 30 heavy (non-hydrogen) atoms. The van der Waals surface area contributed by atoms with Crippen molar-refractivity contribution in [3.05, 3.63) is 58.4 Å². The number of rotatable bonds is 9. The summed E-state index contributed by atoms with van der Waals surface area (Å²) < 4.78 is 16.7. The van der Waals surface area contributed by atoms with Crippen LogP contribution in [0.5, 0.6) is 11.5 Å². The van der Waals surface area contributed by atoms with Gasteiger partial charge in [-0.1, -0.05) is 35.0 Å². The summed E-state index contributed by atoms with van der Waals surface area (Å²) in [6.07, 6.45) is -0.525. The Labute approximate surface area is 188 Å². The van der Waals surface area contributed by atoms with Gasteiger partial charge in [0, 0.05) is 10.7 Å². The molecule has 7 nitrogen and oxygen atoms in total. The second-order valence-corrected chi connectivity index (χ2v) is 7.81. The van der Waals surface area contributed by atoms with Gasteiger partial charge in [-0.05, 0) is 56.3 Å². The molecule has 2 aromatic carbocycles. The van der Waals surface area contributed by atoms with Crippen LogP contribution in [0.4, 0.5) is 5.69 Å². The lowest BCUT2D eigenvalue weighted by Gasteiger charge is -2.12. The summed E-state index contributed by atoms with van der Waals surface area (Å²) in [6, 6.07) is 12.1. The topological polar surface area (TPSA) is 86.5 Å². The van der Waals surface area contributed by atoms with Crippen LogP contribution in [0.25, 0.3) is 0 Å². The lowest BCUT2D eigenvalue weighted by Crippen LogP contribution is -2.13. The zero-order valence-electron chi connectivity index (χ0n) is 16.2. The molecule has 1 heterocycles. The van der Waals surface area contributed by atoms with Crippen LogP contribution in [-0.2, 0) is 4.79 Å². The smallest absolute Gasteiger partial charge is 0.277 e. The van der Waals surface area contributed by atoms with Gasteiger partial charge >= 0.3 is 0 Å². The van der Waals surface area contributed by atoms with Crippen molar-refractivity contribution in [1.29, 1.82) is 0 Å². The fourth-order valence-corrected chi connectivity index (χ4v) is 3.40. The normalized spacial score (nSPS) is 11.7. The number of hydrogen-bond acceptors (Lipinski definition) is 7. The molecule has 1 amide bonds. The van der Waals surface area contributed by atoms with Crippen LogP contribution in [-0.4, -0.2) is 28.5 Å². The van der Waals surface area contributed by atoms with E-state index in [9.17, 15) is 4.79 Å². The van der Waals surface area contributed by atoms with Gasteiger partial charge in [0.1, 0.15) is 11.5 Å². The Morgan fingerprint density at radius 1 is 1.20 bits per heavy atom. The number of nitrogens with one attached hydrogen (secondary N) is 1. The third-order valence-corrected chi connectivity index (χ3v) is 5.09. The van der Waals surface area contributed by atoms with Crippen molar-refractivity contribution in [2.45, 2.75) is 25.2 Å². The Bertz CT molecular complexity index is 998. The van der Waals surface area contributed by atoms with E-state index < -0.39 is 6.10 Å². The number of halogens is 2. The van der Waals surface area contributed by atoms with E-state index in [2.05, 4.69) is 15.5 Å². The van der Waals surface area contributed by atoms with E-state index in [4.69, 9.17) is 37.1 Å². The maximum atomic E-state index is 12.1. The zero-order valence-corrected chi connectivity index (χ0v) is 18.6. The molecule has 3 rings (SSSR count). The summed E-state index contributed by atoms with van der Waals surface area (Å²) in [5.74, 6) is 1.40. The number of thioether (sulfide) groups is 1.